The van der Waals surface area contributed by atoms with Gasteiger partial charge in [0.1, 0.15) is 12.4 Å². The molecule has 2 amide bonds. The number of hydrogen-bond acceptors (Lipinski definition) is 3. The number of benzene rings is 2. The van der Waals surface area contributed by atoms with Gasteiger partial charge >= 0.3 is 0 Å². The van der Waals surface area contributed by atoms with Gasteiger partial charge in [-0.25, -0.2) is 4.39 Å². The fourth-order valence-corrected chi connectivity index (χ4v) is 3.44. The molecule has 1 heterocycles. The van der Waals surface area contributed by atoms with Crippen molar-refractivity contribution in [2.24, 2.45) is 0 Å². The Labute approximate surface area is 165 Å². The molecule has 2 aromatic rings. The molecule has 0 N–H and O–H groups in total. The standard InChI is InChI=1S/C22H26FN3O2/c1-17-4-3-5-19(14-17)15-26(18(2)27)16-22(28)25-12-10-24(11-13-25)21-8-6-20(23)7-9-21/h3-9,14H,10-13,15-16H2,1-2H3. The van der Waals surface area contributed by atoms with E-state index in [9.17, 15) is 14.0 Å². The van der Waals surface area contributed by atoms with Gasteiger partial charge in [-0.3, -0.25) is 9.59 Å². The highest BCUT2D eigenvalue weighted by Crippen LogP contribution is 2.17. The van der Waals surface area contributed by atoms with Gasteiger partial charge in [-0.1, -0.05) is 29.8 Å². The molecule has 148 valence electrons. The monoisotopic (exact) mass is 383 g/mol. The molecule has 28 heavy (non-hydrogen) atoms. The molecule has 0 radical (unpaired) electrons. The Balaban J connectivity index is 1.56. The Kier molecular flexibility index (Phi) is 6.29. The average Bonchev–Trinajstić information content (AvgIpc) is 2.68. The zero-order valence-electron chi connectivity index (χ0n) is 16.4. The van der Waals surface area contributed by atoms with Crippen LogP contribution in [-0.4, -0.2) is 54.3 Å². The summed E-state index contributed by atoms with van der Waals surface area (Å²) in [6, 6.07) is 14.4. The van der Waals surface area contributed by atoms with Gasteiger partial charge in [0, 0.05) is 45.3 Å². The van der Waals surface area contributed by atoms with Crippen LogP contribution in [0.25, 0.3) is 0 Å². The molecule has 0 bridgehead atoms. The largest absolute Gasteiger partial charge is 0.368 e. The van der Waals surface area contributed by atoms with Gasteiger partial charge in [0.15, 0.2) is 0 Å². The van der Waals surface area contributed by atoms with Crippen LogP contribution in [0.4, 0.5) is 10.1 Å². The average molecular weight is 383 g/mol. The highest BCUT2D eigenvalue weighted by Gasteiger charge is 2.24. The van der Waals surface area contributed by atoms with Gasteiger partial charge in [0.25, 0.3) is 0 Å². The van der Waals surface area contributed by atoms with Crippen molar-refractivity contribution < 1.29 is 14.0 Å². The van der Waals surface area contributed by atoms with Crippen LogP contribution < -0.4 is 4.90 Å². The third kappa shape index (κ3) is 5.09. The summed E-state index contributed by atoms with van der Waals surface area (Å²) in [5.41, 5.74) is 3.10. The second-order valence-corrected chi connectivity index (χ2v) is 7.21. The SMILES string of the molecule is CC(=O)N(CC(=O)N1CCN(c2ccc(F)cc2)CC1)Cc1cccc(C)c1. The molecule has 0 aliphatic carbocycles. The minimum atomic E-state index is -0.254. The lowest BCUT2D eigenvalue weighted by molar-refractivity contribution is -0.140. The molecule has 0 atom stereocenters. The fraction of sp³-hybridized carbons (Fsp3) is 0.364. The summed E-state index contributed by atoms with van der Waals surface area (Å²) >= 11 is 0. The van der Waals surface area contributed by atoms with Crippen LogP contribution >= 0.6 is 0 Å². The molecule has 1 aliphatic rings. The van der Waals surface area contributed by atoms with Gasteiger partial charge < -0.3 is 14.7 Å². The molecule has 5 nitrogen and oxygen atoms in total. The van der Waals surface area contributed by atoms with E-state index in [1.165, 1.54) is 19.1 Å². The highest BCUT2D eigenvalue weighted by molar-refractivity contribution is 5.84. The van der Waals surface area contributed by atoms with Crippen molar-refractivity contribution in [3.05, 3.63) is 65.5 Å². The second-order valence-electron chi connectivity index (χ2n) is 7.21. The second kappa shape index (κ2) is 8.87. The lowest BCUT2D eigenvalue weighted by atomic mass is 10.1. The van der Waals surface area contributed by atoms with Gasteiger partial charge in [-0.15, -0.1) is 0 Å². The number of carbonyl (C=O) groups is 2. The van der Waals surface area contributed by atoms with E-state index in [-0.39, 0.29) is 24.2 Å². The first-order valence-electron chi connectivity index (χ1n) is 9.52. The van der Waals surface area contributed by atoms with Crippen LogP contribution in [0.2, 0.25) is 0 Å². The molecule has 0 unspecified atom stereocenters. The van der Waals surface area contributed by atoms with Crippen LogP contribution in [0.1, 0.15) is 18.1 Å². The summed E-state index contributed by atoms with van der Waals surface area (Å²) in [6.45, 7) is 6.57. The first kappa shape index (κ1) is 19.9. The van der Waals surface area contributed by atoms with Crippen LogP contribution in [0, 0.1) is 12.7 Å². The molecular formula is C22H26FN3O2. The Morgan fingerprint density at radius 3 is 2.32 bits per heavy atom. The number of piperazine rings is 1. The van der Waals surface area contributed by atoms with E-state index in [4.69, 9.17) is 0 Å². The molecule has 3 rings (SSSR count). The lowest BCUT2D eigenvalue weighted by Gasteiger charge is -2.37. The molecule has 0 aromatic heterocycles. The maximum atomic E-state index is 13.1. The van der Waals surface area contributed by atoms with Crippen molar-refractivity contribution in [3.63, 3.8) is 0 Å². The third-order valence-electron chi connectivity index (χ3n) is 5.05. The zero-order chi connectivity index (χ0) is 20.1. The minimum absolute atomic E-state index is 0.0402. The van der Waals surface area contributed by atoms with Gasteiger partial charge in [0.05, 0.1) is 0 Å². The van der Waals surface area contributed by atoms with Crippen molar-refractivity contribution in [2.45, 2.75) is 20.4 Å². The number of amides is 2. The number of rotatable bonds is 5. The van der Waals surface area contributed by atoms with Crippen LogP contribution in [0.3, 0.4) is 0 Å². The summed E-state index contributed by atoms with van der Waals surface area (Å²) in [7, 11) is 0. The Bertz CT molecular complexity index is 830. The van der Waals surface area contributed by atoms with Crippen LogP contribution in [0.5, 0.6) is 0 Å². The van der Waals surface area contributed by atoms with E-state index in [1.807, 2.05) is 31.2 Å². The van der Waals surface area contributed by atoms with E-state index in [0.717, 1.165) is 16.8 Å². The number of halogens is 1. The molecule has 0 spiro atoms. The predicted octanol–water partition coefficient (Wildman–Crippen LogP) is 2.83. The Morgan fingerprint density at radius 1 is 1.04 bits per heavy atom. The molecule has 6 heteroatoms. The quantitative estimate of drug-likeness (QED) is 0.798. The first-order valence-corrected chi connectivity index (χ1v) is 9.52. The van der Waals surface area contributed by atoms with Crippen LogP contribution in [-0.2, 0) is 16.1 Å². The maximum Gasteiger partial charge on any atom is 0.242 e. The zero-order valence-corrected chi connectivity index (χ0v) is 16.4. The molecule has 1 saturated heterocycles. The fourth-order valence-electron chi connectivity index (χ4n) is 3.44. The third-order valence-corrected chi connectivity index (χ3v) is 5.05. The number of nitrogens with zero attached hydrogens (tertiary/aromatic N) is 3. The van der Waals surface area contributed by atoms with Crippen molar-refractivity contribution in [1.29, 1.82) is 0 Å². The van der Waals surface area contributed by atoms with Crippen molar-refractivity contribution >= 4 is 17.5 Å². The molecular weight excluding hydrogens is 357 g/mol. The van der Waals surface area contributed by atoms with E-state index < -0.39 is 0 Å². The van der Waals surface area contributed by atoms with Crippen LogP contribution in [0.15, 0.2) is 48.5 Å². The minimum Gasteiger partial charge on any atom is -0.368 e. The number of carbonyl (C=O) groups excluding carboxylic acids is 2. The normalized spacial score (nSPS) is 14.1. The number of aryl methyl sites for hydroxylation is 1. The maximum absolute atomic E-state index is 13.1. The van der Waals surface area contributed by atoms with Crippen molar-refractivity contribution in [2.75, 3.05) is 37.6 Å². The summed E-state index contributed by atoms with van der Waals surface area (Å²) in [6.07, 6.45) is 0. The first-order chi connectivity index (χ1) is 13.4. The predicted molar refractivity (Wildman–Crippen MR) is 107 cm³/mol. The number of hydrogen-bond donors (Lipinski definition) is 0. The highest BCUT2D eigenvalue weighted by atomic mass is 19.1. The van der Waals surface area contributed by atoms with Crippen molar-refractivity contribution in [3.8, 4) is 0 Å². The summed E-state index contributed by atoms with van der Waals surface area (Å²) in [5.74, 6) is -0.406. The topological polar surface area (TPSA) is 43.9 Å². The Hall–Kier alpha value is -2.89. The summed E-state index contributed by atoms with van der Waals surface area (Å²) in [5, 5.41) is 0. The lowest BCUT2D eigenvalue weighted by Crippen LogP contribution is -2.51. The molecule has 1 fully saturated rings. The van der Waals surface area contributed by atoms with E-state index >= 15 is 0 Å². The van der Waals surface area contributed by atoms with E-state index in [2.05, 4.69) is 4.90 Å². The van der Waals surface area contributed by atoms with Crippen molar-refractivity contribution in [1.82, 2.24) is 9.80 Å². The Morgan fingerprint density at radius 2 is 1.71 bits per heavy atom. The van der Waals surface area contributed by atoms with Gasteiger partial charge in [-0.05, 0) is 36.8 Å². The van der Waals surface area contributed by atoms with E-state index in [0.29, 0.717) is 32.7 Å². The number of anilines is 1. The van der Waals surface area contributed by atoms with Gasteiger partial charge in [0.2, 0.25) is 11.8 Å². The van der Waals surface area contributed by atoms with Gasteiger partial charge in [-0.2, -0.15) is 0 Å². The molecule has 2 aromatic carbocycles. The summed E-state index contributed by atoms with van der Waals surface area (Å²) in [4.78, 5) is 30.3. The van der Waals surface area contributed by atoms with E-state index in [1.54, 1.807) is 21.9 Å². The summed E-state index contributed by atoms with van der Waals surface area (Å²) < 4.78 is 13.1. The molecule has 1 aliphatic heterocycles. The smallest absolute Gasteiger partial charge is 0.242 e. The molecule has 0 saturated carbocycles.